The largest absolute Gasteiger partial charge is 0.389 e. The molecule has 6 heteroatoms. The Morgan fingerprint density at radius 1 is 1.00 bits per heavy atom. The van der Waals surface area contributed by atoms with Crippen LogP contribution >= 0.6 is 0 Å². The molecule has 1 aliphatic carbocycles. The average molecular weight is 335 g/mol. The highest BCUT2D eigenvalue weighted by atomic mass is 19.4. The summed E-state index contributed by atoms with van der Waals surface area (Å²) >= 11 is 0. The summed E-state index contributed by atoms with van der Waals surface area (Å²) in [4.78, 5) is 11.6. The van der Waals surface area contributed by atoms with E-state index < -0.39 is 12.6 Å². The molecule has 1 aromatic heterocycles. The monoisotopic (exact) mass is 335 g/mol. The summed E-state index contributed by atoms with van der Waals surface area (Å²) in [6.45, 7) is 1.26. The third-order valence-corrected chi connectivity index (χ3v) is 4.98. The molecule has 24 heavy (non-hydrogen) atoms. The van der Waals surface area contributed by atoms with Crippen molar-refractivity contribution in [1.29, 1.82) is 0 Å². The minimum Gasteiger partial charge on any atom is -0.356 e. The molecule has 1 aliphatic heterocycles. The second kappa shape index (κ2) is 5.90. The van der Waals surface area contributed by atoms with Crippen LogP contribution in [0.1, 0.15) is 43.8 Å². The quantitative estimate of drug-likeness (QED) is 0.816. The van der Waals surface area contributed by atoms with Crippen LogP contribution in [0.4, 0.5) is 19.0 Å². The van der Waals surface area contributed by atoms with Crippen LogP contribution in [0.3, 0.4) is 0 Å². The lowest BCUT2D eigenvalue weighted by molar-refractivity contribution is -0.145. The predicted molar refractivity (Wildman–Crippen MR) is 87.1 cm³/mol. The topological polar surface area (TPSA) is 29.0 Å². The molecule has 128 valence electrons. The maximum Gasteiger partial charge on any atom is 0.389 e. The number of rotatable bonds is 3. The third-order valence-electron chi connectivity index (χ3n) is 4.98. The highest BCUT2D eigenvalue weighted by molar-refractivity contribution is 5.89. The first-order valence-corrected chi connectivity index (χ1v) is 8.58. The van der Waals surface area contributed by atoms with Crippen molar-refractivity contribution < 1.29 is 13.2 Å². The number of hydrogen-bond donors (Lipinski definition) is 0. The lowest BCUT2D eigenvalue weighted by atomic mass is 9.93. The van der Waals surface area contributed by atoms with Crippen LogP contribution in [-0.4, -0.2) is 29.2 Å². The zero-order chi connectivity index (χ0) is 16.7. The molecule has 0 unspecified atom stereocenters. The van der Waals surface area contributed by atoms with Crippen LogP contribution in [0.2, 0.25) is 0 Å². The SMILES string of the molecule is FC(F)(F)CC1CCN(c2nc(C3CC3)nc3ccccc23)CC1. The van der Waals surface area contributed by atoms with Gasteiger partial charge in [-0.2, -0.15) is 13.2 Å². The molecule has 3 nitrogen and oxygen atoms in total. The van der Waals surface area contributed by atoms with Gasteiger partial charge in [-0.25, -0.2) is 9.97 Å². The van der Waals surface area contributed by atoms with Crippen molar-refractivity contribution in [2.24, 2.45) is 5.92 Å². The molecule has 2 heterocycles. The van der Waals surface area contributed by atoms with Crippen molar-refractivity contribution in [2.75, 3.05) is 18.0 Å². The van der Waals surface area contributed by atoms with Gasteiger partial charge in [0.25, 0.3) is 0 Å². The van der Waals surface area contributed by atoms with Gasteiger partial charge in [-0.3, -0.25) is 0 Å². The smallest absolute Gasteiger partial charge is 0.356 e. The first-order chi connectivity index (χ1) is 11.5. The standard InChI is InChI=1S/C18H20F3N3/c19-18(20,21)11-12-7-9-24(10-8-12)17-14-3-1-2-4-15(14)22-16(23-17)13-5-6-13/h1-4,12-13H,5-11H2. The summed E-state index contributed by atoms with van der Waals surface area (Å²) in [5, 5.41) is 0.996. The second-order valence-electron chi connectivity index (χ2n) is 6.95. The fourth-order valence-electron chi connectivity index (χ4n) is 3.52. The van der Waals surface area contributed by atoms with Gasteiger partial charge in [0.05, 0.1) is 5.52 Å². The average Bonchev–Trinajstić information content (AvgIpc) is 3.38. The second-order valence-corrected chi connectivity index (χ2v) is 6.95. The van der Waals surface area contributed by atoms with Gasteiger partial charge in [0.1, 0.15) is 11.6 Å². The predicted octanol–water partition coefficient (Wildman–Crippen LogP) is 4.68. The van der Waals surface area contributed by atoms with Gasteiger partial charge in [0, 0.05) is 30.8 Å². The van der Waals surface area contributed by atoms with E-state index in [1.807, 2.05) is 24.3 Å². The summed E-state index contributed by atoms with van der Waals surface area (Å²) in [7, 11) is 0. The molecule has 1 aromatic carbocycles. The van der Waals surface area contributed by atoms with Gasteiger partial charge in [0.15, 0.2) is 0 Å². The van der Waals surface area contributed by atoms with Crippen LogP contribution in [0, 0.1) is 5.92 Å². The molecule has 0 bridgehead atoms. The summed E-state index contributed by atoms with van der Waals surface area (Å²) in [5.41, 5.74) is 0.932. The number of benzene rings is 1. The van der Waals surface area contributed by atoms with Gasteiger partial charge in [0.2, 0.25) is 0 Å². The highest BCUT2D eigenvalue weighted by Gasteiger charge is 2.34. The highest BCUT2D eigenvalue weighted by Crippen LogP contribution is 2.40. The molecule has 2 aliphatic rings. The Hall–Kier alpha value is -1.85. The Balaban J connectivity index is 1.58. The molecule has 1 saturated carbocycles. The molecular formula is C18H20F3N3. The number of fused-ring (bicyclic) bond motifs is 1. The molecule has 0 spiro atoms. The molecule has 0 atom stereocenters. The van der Waals surface area contributed by atoms with E-state index in [1.165, 1.54) is 0 Å². The molecule has 0 amide bonds. The fraction of sp³-hybridized carbons (Fsp3) is 0.556. The van der Waals surface area contributed by atoms with Crippen molar-refractivity contribution in [1.82, 2.24) is 9.97 Å². The number of halogens is 3. The summed E-state index contributed by atoms with van der Waals surface area (Å²) < 4.78 is 37.7. The molecule has 2 fully saturated rings. The lowest BCUT2D eigenvalue weighted by Gasteiger charge is -2.33. The van der Waals surface area contributed by atoms with Crippen LogP contribution in [0.5, 0.6) is 0 Å². The number of hydrogen-bond acceptors (Lipinski definition) is 3. The first kappa shape index (κ1) is 15.7. The zero-order valence-corrected chi connectivity index (χ0v) is 13.4. The van der Waals surface area contributed by atoms with Gasteiger partial charge in [-0.15, -0.1) is 0 Å². The lowest BCUT2D eigenvalue weighted by Crippen LogP contribution is -2.36. The van der Waals surface area contributed by atoms with E-state index in [0.29, 0.717) is 31.8 Å². The number of alkyl halides is 3. The van der Waals surface area contributed by atoms with Crippen molar-refractivity contribution in [3.8, 4) is 0 Å². The van der Waals surface area contributed by atoms with Crippen LogP contribution in [0.25, 0.3) is 10.9 Å². The minimum atomic E-state index is -4.06. The number of piperidine rings is 1. The van der Waals surface area contributed by atoms with Crippen molar-refractivity contribution >= 4 is 16.7 Å². The number of anilines is 1. The molecule has 1 saturated heterocycles. The van der Waals surface area contributed by atoms with Gasteiger partial charge >= 0.3 is 6.18 Å². The summed E-state index contributed by atoms with van der Waals surface area (Å²) in [6, 6.07) is 7.92. The number of nitrogens with zero attached hydrogens (tertiary/aromatic N) is 3. The zero-order valence-electron chi connectivity index (χ0n) is 13.4. The van der Waals surface area contributed by atoms with E-state index in [-0.39, 0.29) is 5.92 Å². The molecule has 0 N–H and O–H groups in total. The Labute approximate surface area is 138 Å². The van der Waals surface area contributed by atoms with Crippen LogP contribution in [0.15, 0.2) is 24.3 Å². The Morgan fingerprint density at radius 2 is 1.71 bits per heavy atom. The molecular weight excluding hydrogens is 315 g/mol. The summed E-state index contributed by atoms with van der Waals surface area (Å²) in [6.07, 6.45) is -1.34. The van der Waals surface area contributed by atoms with E-state index >= 15 is 0 Å². The Morgan fingerprint density at radius 3 is 2.38 bits per heavy atom. The molecule has 2 aromatic rings. The maximum absolute atomic E-state index is 12.6. The van der Waals surface area contributed by atoms with E-state index in [9.17, 15) is 13.2 Å². The van der Waals surface area contributed by atoms with Crippen molar-refractivity contribution in [3.05, 3.63) is 30.1 Å². The Bertz CT molecular complexity index is 732. The minimum absolute atomic E-state index is 0.266. The van der Waals surface area contributed by atoms with E-state index in [1.54, 1.807) is 0 Å². The number of para-hydroxylation sites is 1. The number of aromatic nitrogens is 2. The third kappa shape index (κ3) is 3.32. The normalized spacial score (nSPS) is 19.9. The van der Waals surface area contributed by atoms with Gasteiger partial charge in [-0.1, -0.05) is 12.1 Å². The van der Waals surface area contributed by atoms with Crippen molar-refractivity contribution in [2.45, 2.75) is 44.2 Å². The summed E-state index contributed by atoms with van der Waals surface area (Å²) in [5.74, 6) is 1.97. The molecule has 0 radical (unpaired) electrons. The van der Waals surface area contributed by atoms with Crippen molar-refractivity contribution in [3.63, 3.8) is 0 Å². The fourth-order valence-corrected chi connectivity index (χ4v) is 3.52. The van der Waals surface area contributed by atoms with Crippen LogP contribution in [-0.2, 0) is 0 Å². The first-order valence-electron chi connectivity index (χ1n) is 8.58. The molecule has 4 rings (SSSR count). The maximum atomic E-state index is 12.6. The van der Waals surface area contributed by atoms with Crippen LogP contribution < -0.4 is 4.90 Å². The van der Waals surface area contributed by atoms with E-state index in [0.717, 1.165) is 35.4 Å². The Kier molecular flexibility index (Phi) is 3.85. The van der Waals surface area contributed by atoms with Gasteiger partial charge < -0.3 is 4.90 Å². The van der Waals surface area contributed by atoms with E-state index in [2.05, 4.69) is 9.88 Å². The van der Waals surface area contributed by atoms with Gasteiger partial charge in [-0.05, 0) is 43.7 Å². The van der Waals surface area contributed by atoms with E-state index in [4.69, 9.17) is 4.98 Å².